The summed E-state index contributed by atoms with van der Waals surface area (Å²) >= 11 is 0. The van der Waals surface area contributed by atoms with Gasteiger partial charge in [0, 0.05) is 32.7 Å². The van der Waals surface area contributed by atoms with Gasteiger partial charge in [0.05, 0.1) is 16.7 Å². The Hall–Kier alpha value is -3.98. The van der Waals surface area contributed by atoms with E-state index < -0.39 is 0 Å². The molecule has 0 amide bonds. The number of H-pyrrole nitrogens is 1. The summed E-state index contributed by atoms with van der Waals surface area (Å²) in [7, 11) is 0. The molecule has 2 aromatic heterocycles. The van der Waals surface area contributed by atoms with Gasteiger partial charge in [-0.1, -0.05) is 74.5 Å². The van der Waals surface area contributed by atoms with E-state index in [0.29, 0.717) is 0 Å². The maximum atomic E-state index is 4.87. The summed E-state index contributed by atoms with van der Waals surface area (Å²) in [4.78, 5) is 13.2. The Bertz CT molecular complexity index is 1700. The van der Waals surface area contributed by atoms with Gasteiger partial charge in [-0.15, -0.1) is 0 Å². The number of nitrogens with zero attached hydrogens (tertiary/aromatic N) is 2. The number of benzene rings is 4. The highest BCUT2D eigenvalue weighted by molar-refractivity contribution is 6.17. The van der Waals surface area contributed by atoms with E-state index in [-0.39, 0.29) is 5.41 Å². The Morgan fingerprint density at radius 1 is 0.719 bits per heavy atom. The normalized spacial score (nSPS) is 14.2. The van der Waals surface area contributed by atoms with Crippen LogP contribution in [0.2, 0.25) is 0 Å². The summed E-state index contributed by atoms with van der Waals surface area (Å²) in [6, 6.07) is 28.0. The molecule has 0 unspecified atom stereocenters. The number of nitrogens with one attached hydrogen (secondary N) is 1. The molecule has 0 fully saturated rings. The van der Waals surface area contributed by atoms with Gasteiger partial charge >= 0.3 is 0 Å². The second-order valence-corrected chi connectivity index (χ2v) is 9.18. The Morgan fingerprint density at radius 2 is 1.47 bits per heavy atom. The average molecular weight is 412 g/mol. The smallest absolute Gasteiger partial charge is 0.116 e. The molecule has 3 heteroatoms. The van der Waals surface area contributed by atoms with Gasteiger partial charge in [0.25, 0.3) is 0 Å². The first kappa shape index (κ1) is 17.7. The molecule has 0 bridgehead atoms. The second kappa shape index (κ2) is 6.04. The summed E-state index contributed by atoms with van der Waals surface area (Å²) in [5, 5.41) is 3.56. The summed E-state index contributed by atoms with van der Waals surface area (Å²) in [6.07, 6.45) is 1.70. The third kappa shape index (κ3) is 2.15. The first-order chi connectivity index (χ1) is 15.6. The van der Waals surface area contributed by atoms with E-state index in [1.807, 2.05) is 6.07 Å². The number of rotatable bonds is 1. The number of hydrogen-bond acceptors (Lipinski definition) is 2. The van der Waals surface area contributed by atoms with Crippen molar-refractivity contribution in [2.45, 2.75) is 19.3 Å². The minimum absolute atomic E-state index is 0.140. The lowest BCUT2D eigenvalue weighted by atomic mass is 9.78. The van der Waals surface area contributed by atoms with Crippen molar-refractivity contribution < 1.29 is 0 Å². The summed E-state index contributed by atoms with van der Waals surface area (Å²) < 4.78 is 0. The zero-order valence-electron chi connectivity index (χ0n) is 18.0. The molecule has 0 radical (unpaired) electrons. The van der Waals surface area contributed by atoms with Gasteiger partial charge in [0.2, 0.25) is 0 Å². The van der Waals surface area contributed by atoms with E-state index in [2.05, 4.69) is 96.6 Å². The minimum atomic E-state index is -0.140. The monoisotopic (exact) mass is 411 g/mol. The van der Waals surface area contributed by atoms with Crippen molar-refractivity contribution in [2.24, 2.45) is 0 Å². The number of aromatic amines is 1. The first-order valence-corrected chi connectivity index (χ1v) is 11.0. The predicted octanol–water partition coefficient (Wildman–Crippen LogP) is 7.24. The van der Waals surface area contributed by atoms with E-state index in [1.165, 1.54) is 38.6 Å². The quantitative estimate of drug-likeness (QED) is 0.310. The van der Waals surface area contributed by atoms with Crippen LogP contribution >= 0.6 is 0 Å². The highest BCUT2D eigenvalue weighted by Gasteiger charge is 2.39. The van der Waals surface area contributed by atoms with Crippen LogP contribution in [0.25, 0.3) is 55.1 Å². The fourth-order valence-corrected chi connectivity index (χ4v) is 5.69. The van der Waals surface area contributed by atoms with Crippen LogP contribution in [0.15, 0.2) is 85.2 Å². The topological polar surface area (TPSA) is 41.6 Å². The summed E-state index contributed by atoms with van der Waals surface area (Å²) in [5.74, 6) is 0. The highest BCUT2D eigenvalue weighted by atomic mass is 14.8. The minimum Gasteiger partial charge on any atom is -0.354 e. The second-order valence-electron chi connectivity index (χ2n) is 9.18. The van der Waals surface area contributed by atoms with Gasteiger partial charge in [0.1, 0.15) is 6.33 Å². The summed E-state index contributed by atoms with van der Waals surface area (Å²) in [6.45, 7) is 4.66. The molecular formula is C29H21N3. The average Bonchev–Trinajstić information content (AvgIpc) is 3.31. The zero-order chi connectivity index (χ0) is 21.4. The van der Waals surface area contributed by atoms with Crippen LogP contribution in [0.5, 0.6) is 0 Å². The van der Waals surface area contributed by atoms with E-state index in [0.717, 1.165) is 27.6 Å². The lowest BCUT2D eigenvalue weighted by Crippen LogP contribution is -2.16. The fourth-order valence-electron chi connectivity index (χ4n) is 5.69. The Labute approximate surface area is 185 Å². The first-order valence-electron chi connectivity index (χ1n) is 11.0. The third-order valence-electron chi connectivity index (χ3n) is 7.10. The van der Waals surface area contributed by atoms with Gasteiger partial charge in [-0.2, -0.15) is 0 Å². The molecule has 0 aliphatic heterocycles. The lowest BCUT2D eigenvalue weighted by molar-refractivity contribution is 0.662. The van der Waals surface area contributed by atoms with E-state index >= 15 is 0 Å². The molecule has 1 aliphatic rings. The molecule has 152 valence electrons. The van der Waals surface area contributed by atoms with Crippen LogP contribution in [-0.2, 0) is 5.41 Å². The highest BCUT2D eigenvalue weighted by Crippen LogP contribution is 2.55. The van der Waals surface area contributed by atoms with Crippen LogP contribution in [0.4, 0.5) is 0 Å². The molecule has 6 aromatic rings. The molecule has 1 N–H and O–H groups in total. The molecule has 2 heterocycles. The van der Waals surface area contributed by atoms with Crippen molar-refractivity contribution in [3.05, 3.63) is 96.3 Å². The summed E-state index contributed by atoms with van der Waals surface area (Å²) in [5.41, 5.74) is 10.6. The van der Waals surface area contributed by atoms with Crippen molar-refractivity contribution in [3.8, 4) is 22.4 Å². The largest absolute Gasteiger partial charge is 0.354 e. The molecule has 0 saturated carbocycles. The van der Waals surface area contributed by atoms with Crippen LogP contribution in [0.1, 0.15) is 25.0 Å². The fraction of sp³-hybridized carbons (Fsp3) is 0.103. The Morgan fingerprint density at radius 3 is 2.38 bits per heavy atom. The number of para-hydroxylation sites is 2. The standard InChI is InChI=1S/C29H21N3/c1-29(2)22-12-6-3-9-17(22)20-15-21-18-10-4-8-14-24(18)32-28(21)25(26(20)29)27-19-11-5-7-13-23(19)30-16-31-27/h3-16,32H,1-2H3. The number of hydrogen-bond donors (Lipinski definition) is 1. The van der Waals surface area contributed by atoms with E-state index in [9.17, 15) is 0 Å². The molecule has 0 spiro atoms. The number of aromatic nitrogens is 3. The molecule has 1 aliphatic carbocycles. The van der Waals surface area contributed by atoms with E-state index in [1.54, 1.807) is 6.33 Å². The Kier molecular flexibility index (Phi) is 3.34. The van der Waals surface area contributed by atoms with Gasteiger partial charge in [-0.05, 0) is 40.5 Å². The van der Waals surface area contributed by atoms with Gasteiger partial charge < -0.3 is 4.98 Å². The van der Waals surface area contributed by atoms with Crippen LogP contribution in [0, 0.1) is 0 Å². The van der Waals surface area contributed by atoms with Crippen LogP contribution in [-0.4, -0.2) is 15.0 Å². The molecule has 3 nitrogen and oxygen atoms in total. The van der Waals surface area contributed by atoms with Crippen molar-refractivity contribution >= 4 is 32.7 Å². The van der Waals surface area contributed by atoms with E-state index in [4.69, 9.17) is 4.98 Å². The molecule has 4 aromatic carbocycles. The number of fused-ring (bicyclic) bond motifs is 7. The maximum Gasteiger partial charge on any atom is 0.116 e. The van der Waals surface area contributed by atoms with Gasteiger partial charge in [-0.3, -0.25) is 0 Å². The van der Waals surface area contributed by atoms with Crippen molar-refractivity contribution in [2.75, 3.05) is 0 Å². The lowest BCUT2D eigenvalue weighted by Gasteiger charge is -2.25. The van der Waals surface area contributed by atoms with Gasteiger partial charge in [-0.25, -0.2) is 9.97 Å². The molecule has 0 atom stereocenters. The maximum absolute atomic E-state index is 4.87. The van der Waals surface area contributed by atoms with Crippen LogP contribution < -0.4 is 0 Å². The molecule has 32 heavy (non-hydrogen) atoms. The van der Waals surface area contributed by atoms with Gasteiger partial charge in [0.15, 0.2) is 0 Å². The molecular weight excluding hydrogens is 390 g/mol. The van der Waals surface area contributed by atoms with Crippen molar-refractivity contribution in [1.82, 2.24) is 15.0 Å². The SMILES string of the molecule is CC1(C)c2ccccc2-c2cc3c([nH]c4ccccc43)c(-c3ncnc4ccccc34)c21. The third-order valence-corrected chi connectivity index (χ3v) is 7.10. The molecule has 7 rings (SSSR count). The predicted molar refractivity (Wildman–Crippen MR) is 132 cm³/mol. The molecule has 0 saturated heterocycles. The Balaban J connectivity index is 1.74. The van der Waals surface area contributed by atoms with Crippen molar-refractivity contribution in [3.63, 3.8) is 0 Å². The van der Waals surface area contributed by atoms with Crippen LogP contribution in [0.3, 0.4) is 0 Å². The zero-order valence-corrected chi connectivity index (χ0v) is 18.0. The van der Waals surface area contributed by atoms with Crippen molar-refractivity contribution in [1.29, 1.82) is 0 Å².